The molecule has 0 saturated heterocycles. The van der Waals surface area contributed by atoms with Gasteiger partial charge in [0, 0.05) is 31.5 Å². The average Bonchev–Trinajstić information content (AvgIpc) is 3.21. The van der Waals surface area contributed by atoms with Crippen LogP contribution in [0.5, 0.6) is 0 Å². The molecule has 0 bridgehead atoms. The standard InChI is InChI=1S/C31H40N2O6/c1-31(2,3)39-29(36)32-19-21-14-16-22(17-15-21)33(18-8-13-28(34)35)30(37)38-20-27-25-11-6-4-9-23(25)24-10-5-7-12-26(24)27/h4-7,9-12,21-22,27H,8,13-20H2,1-3H3,(H,32,36)(H,34,35). The average molecular weight is 537 g/mol. The molecule has 0 heterocycles. The van der Waals surface area contributed by atoms with Crippen molar-refractivity contribution in [3.05, 3.63) is 59.7 Å². The molecule has 4 rings (SSSR count). The van der Waals surface area contributed by atoms with Gasteiger partial charge in [0.05, 0.1) is 0 Å². The van der Waals surface area contributed by atoms with Crippen molar-refractivity contribution in [3.63, 3.8) is 0 Å². The smallest absolute Gasteiger partial charge is 0.410 e. The molecule has 2 aromatic rings. The van der Waals surface area contributed by atoms with Crippen LogP contribution in [0, 0.1) is 5.92 Å². The van der Waals surface area contributed by atoms with Crippen LogP contribution >= 0.6 is 0 Å². The van der Waals surface area contributed by atoms with Gasteiger partial charge in [-0.1, -0.05) is 48.5 Å². The minimum absolute atomic E-state index is 0.00229. The molecule has 0 unspecified atom stereocenters. The molecule has 2 amide bonds. The third-order valence-electron chi connectivity index (χ3n) is 7.55. The number of amides is 2. The van der Waals surface area contributed by atoms with Crippen molar-refractivity contribution in [1.82, 2.24) is 10.2 Å². The summed E-state index contributed by atoms with van der Waals surface area (Å²) >= 11 is 0. The first-order valence-corrected chi connectivity index (χ1v) is 13.9. The van der Waals surface area contributed by atoms with Gasteiger partial charge in [0.25, 0.3) is 0 Å². The Balaban J connectivity index is 1.36. The Morgan fingerprint density at radius 2 is 1.54 bits per heavy atom. The summed E-state index contributed by atoms with van der Waals surface area (Å²) in [4.78, 5) is 38.3. The number of rotatable bonds is 9. The lowest BCUT2D eigenvalue weighted by Gasteiger charge is -2.36. The molecule has 1 fully saturated rings. The summed E-state index contributed by atoms with van der Waals surface area (Å²) in [5.41, 5.74) is 4.11. The number of nitrogens with one attached hydrogen (secondary N) is 1. The summed E-state index contributed by atoms with van der Waals surface area (Å²) in [5.74, 6) is -0.603. The number of hydrogen-bond acceptors (Lipinski definition) is 5. The number of hydrogen-bond donors (Lipinski definition) is 2. The van der Waals surface area contributed by atoms with Gasteiger partial charge >= 0.3 is 18.2 Å². The largest absolute Gasteiger partial charge is 0.481 e. The summed E-state index contributed by atoms with van der Waals surface area (Å²) < 4.78 is 11.3. The minimum atomic E-state index is -0.876. The van der Waals surface area contributed by atoms with E-state index in [-0.39, 0.29) is 25.0 Å². The van der Waals surface area contributed by atoms with Crippen LogP contribution in [0.2, 0.25) is 0 Å². The van der Waals surface area contributed by atoms with Gasteiger partial charge in [-0.15, -0.1) is 0 Å². The molecule has 2 aromatic carbocycles. The Bertz CT molecular complexity index is 1120. The maximum absolute atomic E-state index is 13.4. The Morgan fingerprint density at radius 1 is 0.949 bits per heavy atom. The Hall–Kier alpha value is -3.55. The van der Waals surface area contributed by atoms with Crippen molar-refractivity contribution < 1.29 is 29.0 Å². The molecule has 8 nitrogen and oxygen atoms in total. The molecule has 1 saturated carbocycles. The van der Waals surface area contributed by atoms with Crippen LogP contribution in [0.25, 0.3) is 11.1 Å². The Morgan fingerprint density at radius 3 is 2.10 bits per heavy atom. The number of carbonyl (C=O) groups excluding carboxylic acids is 2. The molecule has 39 heavy (non-hydrogen) atoms. The number of alkyl carbamates (subject to hydrolysis) is 1. The van der Waals surface area contributed by atoms with Gasteiger partial charge in [-0.05, 0) is 81.0 Å². The summed E-state index contributed by atoms with van der Waals surface area (Å²) in [7, 11) is 0. The van der Waals surface area contributed by atoms with E-state index in [2.05, 4.69) is 29.6 Å². The van der Waals surface area contributed by atoms with E-state index in [0.717, 1.165) is 36.8 Å². The van der Waals surface area contributed by atoms with Crippen LogP contribution in [0.4, 0.5) is 9.59 Å². The molecular weight excluding hydrogens is 496 g/mol. The van der Waals surface area contributed by atoms with E-state index in [9.17, 15) is 14.4 Å². The van der Waals surface area contributed by atoms with E-state index in [1.165, 1.54) is 11.1 Å². The fourth-order valence-electron chi connectivity index (χ4n) is 5.70. The summed E-state index contributed by atoms with van der Waals surface area (Å²) in [5, 5.41) is 12.0. The number of carboxylic acid groups (broad SMARTS) is 1. The third kappa shape index (κ3) is 7.52. The lowest BCUT2D eigenvalue weighted by atomic mass is 9.85. The number of aliphatic carboxylic acids is 1. The highest BCUT2D eigenvalue weighted by molar-refractivity contribution is 5.79. The third-order valence-corrected chi connectivity index (χ3v) is 7.55. The first-order chi connectivity index (χ1) is 18.6. The van der Waals surface area contributed by atoms with Gasteiger partial charge in [-0.3, -0.25) is 4.79 Å². The first-order valence-electron chi connectivity index (χ1n) is 13.9. The van der Waals surface area contributed by atoms with Gasteiger partial charge in [0.15, 0.2) is 0 Å². The SMILES string of the molecule is CC(C)(C)OC(=O)NCC1CCC(N(CCCC(=O)O)C(=O)OCC2c3ccccc3-c3ccccc32)CC1. The molecule has 0 atom stereocenters. The number of ether oxygens (including phenoxy) is 2. The topological polar surface area (TPSA) is 105 Å². The maximum Gasteiger partial charge on any atom is 0.410 e. The summed E-state index contributed by atoms with van der Waals surface area (Å²) in [6.07, 6.45) is 2.83. The van der Waals surface area contributed by atoms with Crippen LogP contribution in [-0.4, -0.2) is 59.5 Å². The van der Waals surface area contributed by atoms with Crippen molar-refractivity contribution in [2.24, 2.45) is 5.92 Å². The zero-order valence-corrected chi connectivity index (χ0v) is 23.2. The van der Waals surface area contributed by atoms with Crippen LogP contribution in [0.15, 0.2) is 48.5 Å². The normalized spacial score (nSPS) is 18.5. The van der Waals surface area contributed by atoms with Crippen molar-refractivity contribution in [3.8, 4) is 11.1 Å². The maximum atomic E-state index is 13.4. The van der Waals surface area contributed by atoms with Crippen molar-refractivity contribution >= 4 is 18.2 Å². The van der Waals surface area contributed by atoms with E-state index in [1.807, 2.05) is 45.0 Å². The van der Waals surface area contributed by atoms with Gasteiger partial charge < -0.3 is 24.8 Å². The fraction of sp³-hybridized carbons (Fsp3) is 0.516. The lowest BCUT2D eigenvalue weighted by molar-refractivity contribution is -0.137. The van der Waals surface area contributed by atoms with Gasteiger partial charge in [0.1, 0.15) is 12.2 Å². The monoisotopic (exact) mass is 536 g/mol. The van der Waals surface area contributed by atoms with Crippen molar-refractivity contribution in [2.45, 2.75) is 76.9 Å². The molecule has 2 aliphatic carbocycles. The number of carbonyl (C=O) groups is 3. The first kappa shape index (κ1) is 28.5. The predicted octanol–water partition coefficient (Wildman–Crippen LogP) is 6.19. The zero-order chi connectivity index (χ0) is 28.0. The highest BCUT2D eigenvalue weighted by Crippen LogP contribution is 2.44. The van der Waals surface area contributed by atoms with Gasteiger partial charge in [0.2, 0.25) is 0 Å². The van der Waals surface area contributed by atoms with Crippen LogP contribution in [0.1, 0.15) is 76.3 Å². The van der Waals surface area contributed by atoms with E-state index < -0.39 is 23.8 Å². The van der Waals surface area contributed by atoms with Crippen LogP contribution in [0.3, 0.4) is 0 Å². The van der Waals surface area contributed by atoms with E-state index >= 15 is 0 Å². The molecule has 210 valence electrons. The van der Waals surface area contributed by atoms with Gasteiger partial charge in [-0.2, -0.15) is 0 Å². The number of fused-ring (bicyclic) bond motifs is 3. The molecule has 0 spiro atoms. The molecule has 2 N–H and O–H groups in total. The second-order valence-corrected chi connectivity index (χ2v) is 11.6. The molecule has 2 aliphatic rings. The second kappa shape index (κ2) is 12.5. The molecule has 0 aromatic heterocycles. The van der Waals surface area contributed by atoms with Crippen molar-refractivity contribution in [2.75, 3.05) is 19.7 Å². The van der Waals surface area contributed by atoms with E-state index in [0.29, 0.717) is 25.4 Å². The van der Waals surface area contributed by atoms with E-state index in [1.54, 1.807) is 4.90 Å². The Labute approximate surface area is 230 Å². The van der Waals surface area contributed by atoms with Crippen LogP contribution < -0.4 is 5.32 Å². The number of benzene rings is 2. The Kier molecular flexibility index (Phi) is 9.15. The van der Waals surface area contributed by atoms with Crippen LogP contribution in [-0.2, 0) is 14.3 Å². The highest BCUT2D eigenvalue weighted by Gasteiger charge is 2.33. The predicted molar refractivity (Wildman–Crippen MR) is 149 cm³/mol. The quantitative estimate of drug-likeness (QED) is 0.396. The number of carboxylic acids is 1. The van der Waals surface area contributed by atoms with Gasteiger partial charge in [-0.25, -0.2) is 9.59 Å². The van der Waals surface area contributed by atoms with E-state index in [4.69, 9.17) is 14.6 Å². The molecule has 0 aliphatic heterocycles. The van der Waals surface area contributed by atoms with Crippen molar-refractivity contribution in [1.29, 1.82) is 0 Å². The minimum Gasteiger partial charge on any atom is -0.481 e. The second-order valence-electron chi connectivity index (χ2n) is 11.6. The zero-order valence-electron chi connectivity index (χ0n) is 23.2. The molecule has 8 heteroatoms. The summed E-state index contributed by atoms with van der Waals surface area (Å²) in [6, 6.07) is 16.4. The summed E-state index contributed by atoms with van der Waals surface area (Å²) in [6.45, 7) is 6.61. The number of nitrogens with zero attached hydrogens (tertiary/aromatic N) is 1. The highest BCUT2D eigenvalue weighted by atomic mass is 16.6. The molecular formula is C31H40N2O6. The molecule has 0 radical (unpaired) electrons. The lowest BCUT2D eigenvalue weighted by Crippen LogP contribution is -2.45. The fourth-order valence-corrected chi connectivity index (χ4v) is 5.70.